The number of hydrogen-bond donors (Lipinski definition) is 0. The maximum atomic E-state index is 11.7. The van der Waals surface area contributed by atoms with E-state index < -0.39 is 0 Å². The van der Waals surface area contributed by atoms with Gasteiger partial charge in [0.05, 0.1) is 0 Å². The molecule has 0 spiro atoms. The fraction of sp³-hybridized carbons (Fsp3) is 0.333. The summed E-state index contributed by atoms with van der Waals surface area (Å²) in [5, 5.41) is -0.281. The second-order valence-corrected chi connectivity index (χ2v) is 5.18. The van der Waals surface area contributed by atoms with Crippen LogP contribution in [0.4, 0.5) is 0 Å². The highest BCUT2D eigenvalue weighted by Gasteiger charge is 2.19. The minimum absolute atomic E-state index is 0.000826. The molecule has 1 rings (SSSR count). The van der Waals surface area contributed by atoms with Gasteiger partial charge in [0, 0.05) is 10.5 Å². The first kappa shape index (κ1) is 15.3. The molecule has 0 saturated carbocycles. The largest absolute Gasteiger partial charge is 0.452 e. The van der Waals surface area contributed by atoms with Crippen molar-refractivity contribution in [2.24, 2.45) is 0 Å². The van der Waals surface area contributed by atoms with Gasteiger partial charge in [0.2, 0.25) is 0 Å². The van der Waals surface area contributed by atoms with E-state index >= 15 is 0 Å². The first-order chi connectivity index (χ1) is 9.08. The maximum Gasteiger partial charge on any atom is 0.320 e. The SMILES string of the molecule is C#CCOC(=O)C(CC)Sc1ccc(C(C)=O)cc1. The Kier molecular flexibility index (Phi) is 6.17. The summed E-state index contributed by atoms with van der Waals surface area (Å²) in [7, 11) is 0. The van der Waals surface area contributed by atoms with Crippen LogP contribution < -0.4 is 0 Å². The van der Waals surface area contributed by atoms with Crippen molar-refractivity contribution in [3.8, 4) is 12.3 Å². The lowest BCUT2D eigenvalue weighted by Crippen LogP contribution is -2.19. The molecule has 0 heterocycles. The lowest BCUT2D eigenvalue weighted by molar-refractivity contribution is -0.141. The highest BCUT2D eigenvalue weighted by molar-refractivity contribution is 8.00. The number of terminal acetylenes is 1. The zero-order valence-corrected chi connectivity index (χ0v) is 11.8. The molecule has 0 aliphatic heterocycles. The van der Waals surface area contributed by atoms with Gasteiger partial charge in [-0.2, -0.15) is 0 Å². The van der Waals surface area contributed by atoms with Crippen LogP contribution in [0, 0.1) is 12.3 Å². The number of Topliss-reactive ketones (excluding diaryl/α,β-unsaturated/α-hetero) is 1. The third-order valence-electron chi connectivity index (χ3n) is 2.47. The van der Waals surface area contributed by atoms with Crippen LogP contribution >= 0.6 is 11.8 Å². The molecule has 1 unspecified atom stereocenters. The smallest absolute Gasteiger partial charge is 0.320 e. The van der Waals surface area contributed by atoms with Crippen molar-refractivity contribution in [1.82, 2.24) is 0 Å². The molecule has 4 heteroatoms. The van der Waals surface area contributed by atoms with E-state index in [2.05, 4.69) is 5.92 Å². The number of esters is 1. The van der Waals surface area contributed by atoms with Crippen molar-refractivity contribution < 1.29 is 14.3 Å². The average Bonchev–Trinajstić information content (AvgIpc) is 2.42. The molecule has 0 bridgehead atoms. The Morgan fingerprint density at radius 2 is 2.00 bits per heavy atom. The first-order valence-electron chi connectivity index (χ1n) is 5.96. The van der Waals surface area contributed by atoms with E-state index in [4.69, 9.17) is 11.2 Å². The van der Waals surface area contributed by atoms with Crippen molar-refractivity contribution in [1.29, 1.82) is 0 Å². The van der Waals surface area contributed by atoms with Crippen molar-refractivity contribution >= 4 is 23.5 Å². The fourth-order valence-corrected chi connectivity index (χ4v) is 2.39. The maximum absolute atomic E-state index is 11.7. The number of carbonyl (C=O) groups is 2. The Bertz CT molecular complexity index is 485. The summed E-state index contributed by atoms with van der Waals surface area (Å²) in [6.07, 6.45) is 5.71. The molecular weight excluding hydrogens is 260 g/mol. The molecule has 1 atom stereocenters. The second-order valence-electron chi connectivity index (χ2n) is 3.91. The van der Waals surface area contributed by atoms with Crippen molar-refractivity contribution in [2.45, 2.75) is 30.4 Å². The van der Waals surface area contributed by atoms with E-state index in [1.165, 1.54) is 18.7 Å². The van der Waals surface area contributed by atoms with Crippen LogP contribution in [0.25, 0.3) is 0 Å². The molecule has 0 N–H and O–H groups in total. The molecule has 19 heavy (non-hydrogen) atoms. The van der Waals surface area contributed by atoms with Crippen LogP contribution in [0.5, 0.6) is 0 Å². The summed E-state index contributed by atoms with van der Waals surface area (Å²) in [6.45, 7) is 3.44. The summed E-state index contributed by atoms with van der Waals surface area (Å²) in [4.78, 5) is 23.8. The molecule has 0 radical (unpaired) electrons. The normalized spacial score (nSPS) is 11.4. The van der Waals surface area contributed by atoms with Gasteiger partial charge < -0.3 is 4.74 Å². The summed E-state index contributed by atoms with van der Waals surface area (Å²) >= 11 is 1.41. The summed E-state index contributed by atoms with van der Waals surface area (Å²) < 4.78 is 4.93. The van der Waals surface area contributed by atoms with Gasteiger partial charge in [0.15, 0.2) is 12.4 Å². The van der Waals surface area contributed by atoms with Crippen molar-refractivity contribution in [3.63, 3.8) is 0 Å². The van der Waals surface area contributed by atoms with E-state index in [0.29, 0.717) is 12.0 Å². The molecule has 0 aromatic heterocycles. The van der Waals surface area contributed by atoms with Crippen LogP contribution in [-0.4, -0.2) is 23.6 Å². The van der Waals surface area contributed by atoms with E-state index in [1.54, 1.807) is 12.1 Å². The van der Waals surface area contributed by atoms with Crippen LogP contribution in [0.1, 0.15) is 30.6 Å². The average molecular weight is 276 g/mol. The third-order valence-corrected chi connectivity index (χ3v) is 3.83. The molecule has 0 aliphatic carbocycles. The Balaban J connectivity index is 2.68. The highest BCUT2D eigenvalue weighted by Crippen LogP contribution is 2.26. The Morgan fingerprint density at radius 3 is 2.47 bits per heavy atom. The van der Waals surface area contributed by atoms with Gasteiger partial charge in [-0.05, 0) is 25.5 Å². The van der Waals surface area contributed by atoms with Gasteiger partial charge in [-0.25, -0.2) is 0 Å². The number of hydrogen-bond acceptors (Lipinski definition) is 4. The zero-order chi connectivity index (χ0) is 14.3. The lowest BCUT2D eigenvalue weighted by Gasteiger charge is -2.12. The van der Waals surface area contributed by atoms with Gasteiger partial charge in [-0.3, -0.25) is 9.59 Å². The Hall–Kier alpha value is -1.73. The van der Waals surface area contributed by atoms with Crippen LogP contribution in [-0.2, 0) is 9.53 Å². The number of ether oxygens (including phenoxy) is 1. The summed E-state index contributed by atoms with van der Waals surface area (Å²) in [5.74, 6) is 1.99. The van der Waals surface area contributed by atoms with Crippen molar-refractivity contribution in [2.75, 3.05) is 6.61 Å². The summed E-state index contributed by atoms with van der Waals surface area (Å²) in [6, 6.07) is 7.17. The molecule has 3 nitrogen and oxygen atoms in total. The third kappa shape index (κ3) is 4.80. The number of rotatable bonds is 6. The predicted molar refractivity (Wildman–Crippen MR) is 76.2 cm³/mol. The van der Waals surface area contributed by atoms with Gasteiger partial charge in [-0.15, -0.1) is 18.2 Å². The van der Waals surface area contributed by atoms with Crippen LogP contribution in [0.3, 0.4) is 0 Å². The minimum Gasteiger partial charge on any atom is -0.452 e. The first-order valence-corrected chi connectivity index (χ1v) is 6.84. The molecule has 0 fully saturated rings. The van der Waals surface area contributed by atoms with E-state index in [0.717, 1.165) is 4.90 Å². The van der Waals surface area contributed by atoms with Crippen LogP contribution in [0.15, 0.2) is 29.2 Å². The van der Waals surface area contributed by atoms with Gasteiger partial charge >= 0.3 is 5.97 Å². The molecule has 100 valence electrons. The molecule has 0 amide bonds. The number of carbonyl (C=O) groups excluding carboxylic acids is 2. The molecular formula is C15H16O3S. The lowest BCUT2D eigenvalue weighted by atomic mass is 10.2. The number of benzene rings is 1. The molecule has 0 aliphatic rings. The Labute approximate surface area is 117 Å². The quantitative estimate of drug-likeness (QED) is 0.347. The van der Waals surface area contributed by atoms with Gasteiger partial charge in [-0.1, -0.05) is 25.0 Å². The molecule has 1 aromatic carbocycles. The van der Waals surface area contributed by atoms with E-state index in [9.17, 15) is 9.59 Å². The Morgan fingerprint density at radius 1 is 1.37 bits per heavy atom. The van der Waals surface area contributed by atoms with Crippen LogP contribution in [0.2, 0.25) is 0 Å². The van der Waals surface area contributed by atoms with Crippen molar-refractivity contribution in [3.05, 3.63) is 29.8 Å². The molecule has 0 saturated heterocycles. The predicted octanol–water partition coefficient (Wildman–Crippen LogP) is 2.94. The number of ketones is 1. The standard InChI is InChI=1S/C15H16O3S/c1-4-10-18-15(17)14(5-2)19-13-8-6-12(7-9-13)11(3)16/h1,6-9,14H,5,10H2,2-3H3. The second kappa shape index (κ2) is 7.65. The highest BCUT2D eigenvalue weighted by atomic mass is 32.2. The van der Waals surface area contributed by atoms with E-state index in [-0.39, 0.29) is 23.6 Å². The summed E-state index contributed by atoms with van der Waals surface area (Å²) in [5.41, 5.74) is 0.660. The monoisotopic (exact) mass is 276 g/mol. The topological polar surface area (TPSA) is 43.4 Å². The number of thioether (sulfide) groups is 1. The zero-order valence-electron chi connectivity index (χ0n) is 11.0. The molecule has 1 aromatic rings. The minimum atomic E-state index is -0.305. The van der Waals surface area contributed by atoms with E-state index in [1.807, 2.05) is 19.1 Å². The van der Waals surface area contributed by atoms with Gasteiger partial charge in [0.25, 0.3) is 0 Å². The van der Waals surface area contributed by atoms with Gasteiger partial charge in [0.1, 0.15) is 5.25 Å². The fourth-order valence-electron chi connectivity index (χ4n) is 1.44.